The summed E-state index contributed by atoms with van der Waals surface area (Å²) in [7, 11) is 1.50. The zero-order valence-corrected chi connectivity index (χ0v) is 6.63. The zero-order valence-electron chi connectivity index (χ0n) is 6.63. The molecule has 10 heavy (non-hydrogen) atoms. The van der Waals surface area contributed by atoms with Crippen molar-refractivity contribution in [3.05, 3.63) is 11.8 Å². The lowest BCUT2D eigenvalue weighted by Gasteiger charge is -1.93. The van der Waals surface area contributed by atoms with Gasteiger partial charge in [-0.2, -0.15) is 0 Å². The van der Waals surface area contributed by atoms with Crippen LogP contribution in [-0.4, -0.2) is 19.9 Å². The summed E-state index contributed by atoms with van der Waals surface area (Å²) in [6, 6.07) is 0. The maximum Gasteiger partial charge on any atom is 0.106 e. The molecule has 0 aliphatic carbocycles. The third-order valence-electron chi connectivity index (χ3n) is 0.798. The first-order chi connectivity index (χ1) is 4.81. The van der Waals surface area contributed by atoms with Crippen LogP contribution in [-0.2, 0) is 9.57 Å². The molecule has 0 spiro atoms. The van der Waals surface area contributed by atoms with E-state index in [0.29, 0.717) is 6.61 Å². The van der Waals surface area contributed by atoms with Crippen LogP contribution in [0.1, 0.15) is 13.8 Å². The Balaban J connectivity index is 3.59. The highest BCUT2D eigenvalue weighted by Gasteiger charge is 1.80. The maximum absolute atomic E-state index is 4.98. The molecule has 0 aliphatic heterocycles. The fourth-order valence-corrected chi connectivity index (χ4v) is 0.381. The third-order valence-corrected chi connectivity index (χ3v) is 0.798. The van der Waals surface area contributed by atoms with Gasteiger partial charge in [0, 0.05) is 5.57 Å². The molecule has 0 N–H and O–H groups in total. The second-order valence-electron chi connectivity index (χ2n) is 1.73. The normalized spacial score (nSPS) is 12.1. The van der Waals surface area contributed by atoms with Crippen molar-refractivity contribution >= 4 is 6.21 Å². The number of allylic oxidation sites excluding steroid dienone is 1. The van der Waals surface area contributed by atoms with E-state index in [1.807, 2.05) is 13.8 Å². The van der Waals surface area contributed by atoms with Gasteiger partial charge in [0.25, 0.3) is 0 Å². The summed E-state index contributed by atoms with van der Waals surface area (Å²) in [5, 5.41) is 3.55. The third kappa shape index (κ3) is 5.15. The Morgan fingerprint density at radius 2 is 2.30 bits per heavy atom. The fourth-order valence-electron chi connectivity index (χ4n) is 0.381. The number of ether oxygens (including phenoxy) is 1. The molecule has 0 fully saturated rings. The Labute approximate surface area is 61.3 Å². The van der Waals surface area contributed by atoms with Crippen molar-refractivity contribution in [2.24, 2.45) is 5.16 Å². The lowest BCUT2D eigenvalue weighted by molar-refractivity contribution is 0.215. The molecule has 0 saturated heterocycles. The van der Waals surface area contributed by atoms with Crippen molar-refractivity contribution in [2.45, 2.75) is 13.8 Å². The summed E-state index contributed by atoms with van der Waals surface area (Å²) < 4.78 is 4.98. The van der Waals surface area contributed by atoms with E-state index in [4.69, 9.17) is 4.74 Å². The van der Waals surface area contributed by atoms with Crippen molar-refractivity contribution in [3.8, 4) is 0 Å². The molecule has 0 aliphatic rings. The van der Waals surface area contributed by atoms with E-state index >= 15 is 0 Å². The van der Waals surface area contributed by atoms with E-state index in [0.717, 1.165) is 5.57 Å². The van der Waals surface area contributed by atoms with E-state index in [1.54, 1.807) is 12.5 Å². The second kappa shape index (κ2) is 6.13. The minimum atomic E-state index is 0.679. The van der Waals surface area contributed by atoms with Crippen molar-refractivity contribution in [1.29, 1.82) is 0 Å². The van der Waals surface area contributed by atoms with Gasteiger partial charge >= 0.3 is 0 Å². The van der Waals surface area contributed by atoms with E-state index in [-0.39, 0.29) is 0 Å². The molecule has 0 amide bonds. The average molecular weight is 143 g/mol. The molecule has 0 saturated carbocycles. The number of hydrogen-bond donors (Lipinski definition) is 0. The highest BCUT2D eigenvalue weighted by Crippen LogP contribution is 1.88. The highest BCUT2D eigenvalue weighted by molar-refractivity contribution is 5.76. The minimum Gasteiger partial charge on any atom is -0.501 e. The molecule has 0 aromatic rings. The van der Waals surface area contributed by atoms with Crippen LogP contribution in [0.2, 0.25) is 0 Å². The van der Waals surface area contributed by atoms with E-state index < -0.39 is 0 Å². The van der Waals surface area contributed by atoms with Crippen molar-refractivity contribution in [3.63, 3.8) is 0 Å². The lowest BCUT2D eigenvalue weighted by atomic mass is 10.4. The van der Waals surface area contributed by atoms with E-state index in [1.165, 1.54) is 7.11 Å². The fraction of sp³-hybridized carbons (Fsp3) is 0.571. The van der Waals surface area contributed by atoms with Gasteiger partial charge < -0.3 is 9.57 Å². The van der Waals surface area contributed by atoms with Gasteiger partial charge in [0.2, 0.25) is 0 Å². The molecule has 0 radical (unpaired) electrons. The molecule has 0 heterocycles. The van der Waals surface area contributed by atoms with Gasteiger partial charge in [-0.3, -0.25) is 0 Å². The molecule has 0 aromatic carbocycles. The van der Waals surface area contributed by atoms with Gasteiger partial charge in [-0.15, -0.1) is 0 Å². The summed E-state index contributed by atoms with van der Waals surface area (Å²) in [5.41, 5.74) is 0.934. The van der Waals surface area contributed by atoms with Crippen molar-refractivity contribution in [2.75, 3.05) is 13.7 Å². The average Bonchev–Trinajstić information content (AvgIpc) is 1.97. The molecular formula is C7H13NO2. The predicted molar refractivity (Wildman–Crippen MR) is 40.9 cm³/mol. The summed E-state index contributed by atoms with van der Waals surface area (Å²) in [5.74, 6) is 0. The van der Waals surface area contributed by atoms with Gasteiger partial charge in [0.1, 0.15) is 7.11 Å². The smallest absolute Gasteiger partial charge is 0.106 e. The summed E-state index contributed by atoms with van der Waals surface area (Å²) in [6.07, 6.45) is 3.23. The van der Waals surface area contributed by atoms with Gasteiger partial charge in [-0.25, -0.2) is 0 Å². The first-order valence-corrected chi connectivity index (χ1v) is 3.16. The monoisotopic (exact) mass is 143 g/mol. The van der Waals surface area contributed by atoms with Crippen LogP contribution in [0.4, 0.5) is 0 Å². The molecule has 0 unspecified atom stereocenters. The summed E-state index contributed by atoms with van der Waals surface area (Å²) in [4.78, 5) is 4.47. The van der Waals surface area contributed by atoms with Gasteiger partial charge in [0.15, 0.2) is 0 Å². The molecule has 0 rings (SSSR count). The molecule has 3 heteroatoms. The number of hydrogen-bond acceptors (Lipinski definition) is 3. The Morgan fingerprint density at radius 3 is 2.80 bits per heavy atom. The van der Waals surface area contributed by atoms with Gasteiger partial charge in [0.05, 0.1) is 19.1 Å². The summed E-state index contributed by atoms with van der Waals surface area (Å²) >= 11 is 0. The molecule has 0 atom stereocenters. The Bertz CT molecular complexity index is 130. The topological polar surface area (TPSA) is 30.8 Å². The first kappa shape index (κ1) is 9.01. The Hall–Kier alpha value is -0.990. The molecular weight excluding hydrogens is 130 g/mol. The molecule has 0 bridgehead atoms. The molecule has 0 aromatic heterocycles. The maximum atomic E-state index is 4.98. The summed E-state index contributed by atoms with van der Waals surface area (Å²) in [6.45, 7) is 4.49. The molecule has 58 valence electrons. The van der Waals surface area contributed by atoms with Crippen molar-refractivity contribution in [1.82, 2.24) is 0 Å². The van der Waals surface area contributed by atoms with Gasteiger partial charge in [-0.05, 0) is 13.8 Å². The van der Waals surface area contributed by atoms with Crippen LogP contribution in [0.25, 0.3) is 0 Å². The van der Waals surface area contributed by atoms with Crippen LogP contribution in [0.15, 0.2) is 17.0 Å². The number of oxime groups is 1. The number of rotatable bonds is 4. The Morgan fingerprint density at radius 1 is 1.60 bits per heavy atom. The first-order valence-electron chi connectivity index (χ1n) is 3.16. The predicted octanol–water partition coefficient (Wildman–Crippen LogP) is 1.56. The second-order valence-corrected chi connectivity index (χ2v) is 1.73. The van der Waals surface area contributed by atoms with Crippen LogP contribution >= 0.6 is 0 Å². The Kier molecular flexibility index (Phi) is 5.53. The van der Waals surface area contributed by atoms with Crippen LogP contribution in [0.5, 0.6) is 0 Å². The quantitative estimate of drug-likeness (QED) is 0.339. The lowest BCUT2D eigenvalue weighted by Crippen LogP contribution is -1.83. The zero-order chi connectivity index (χ0) is 7.82. The largest absolute Gasteiger partial charge is 0.501 e. The van der Waals surface area contributed by atoms with Crippen LogP contribution in [0, 0.1) is 0 Å². The molecule has 3 nitrogen and oxygen atoms in total. The minimum absolute atomic E-state index is 0.679. The standard InChI is InChI=1S/C7H13NO2/c1-4-10-6-7(2)5-8-9-3/h5-6H,4H2,1-3H3. The van der Waals surface area contributed by atoms with Crippen LogP contribution in [0.3, 0.4) is 0 Å². The van der Waals surface area contributed by atoms with E-state index in [2.05, 4.69) is 9.99 Å². The highest BCUT2D eigenvalue weighted by atomic mass is 16.6. The van der Waals surface area contributed by atoms with Gasteiger partial charge in [-0.1, -0.05) is 5.16 Å². The van der Waals surface area contributed by atoms with Crippen LogP contribution < -0.4 is 0 Å². The number of nitrogens with zero attached hydrogens (tertiary/aromatic N) is 1. The SMILES string of the molecule is CCOC=C(C)C=NOC. The van der Waals surface area contributed by atoms with Crippen molar-refractivity contribution < 1.29 is 9.57 Å². The van der Waals surface area contributed by atoms with E-state index in [9.17, 15) is 0 Å².